The summed E-state index contributed by atoms with van der Waals surface area (Å²) in [6.07, 6.45) is 3.81. The van der Waals surface area contributed by atoms with E-state index in [0.29, 0.717) is 21.5 Å². The summed E-state index contributed by atoms with van der Waals surface area (Å²) in [5.41, 5.74) is 1.43. The van der Waals surface area contributed by atoms with Gasteiger partial charge < -0.3 is 5.32 Å². The van der Waals surface area contributed by atoms with Crippen LogP contribution in [0.25, 0.3) is 0 Å². The van der Waals surface area contributed by atoms with Crippen LogP contribution in [0.1, 0.15) is 33.1 Å². The number of nitrogens with one attached hydrogen (secondary N) is 1. The van der Waals surface area contributed by atoms with Crippen LogP contribution in [0.2, 0.25) is 10.0 Å². The van der Waals surface area contributed by atoms with Gasteiger partial charge in [-0.15, -0.1) is 0 Å². The van der Waals surface area contributed by atoms with Gasteiger partial charge in [-0.1, -0.05) is 43.5 Å². The van der Waals surface area contributed by atoms with Gasteiger partial charge in [0.2, 0.25) is 0 Å². The molecule has 0 bridgehead atoms. The lowest BCUT2D eigenvalue weighted by atomic mass is 9.87. The normalized spacial score (nSPS) is 23.4. The molecule has 1 aliphatic carbocycles. The Bertz CT molecular complexity index is 388. The topological polar surface area (TPSA) is 12.0 Å². The van der Waals surface area contributed by atoms with Gasteiger partial charge in [-0.3, -0.25) is 0 Å². The van der Waals surface area contributed by atoms with Crippen LogP contribution in [-0.4, -0.2) is 6.04 Å². The Labute approximate surface area is 107 Å². The second-order valence-corrected chi connectivity index (χ2v) is 6.02. The summed E-state index contributed by atoms with van der Waals surface area (Å²) < 4.78 is 0. The molecule has 1 aromatic rings. The first-order valence-corrected chi connectivity index (χ1v) is 6.46. The third-order valence-corrected chi connectivity index (χ3v) is 4.26. The Morgan fingerprint density at radius 1 is 1.25 bits per heavy atom. The summed E-state index contributed by atoms with van der Waals surface area (Å²) in [5.74, 6) is 0. The summed E-state index contributed by atoms with van der Waals surface area (Å²) in [6, 6.07) is 6.26. The number of anilines is 1. The fourth-order valence-corrected chi connectivity index (χ4v) is 2.68. The minimum atomic E-state index is 0.367. The number of halogens is 2. The highest BCUT2D eigenvalue weighted by atomic mass is 35.5. The lowest BCUT2D eigenvalue weighted by molar-refractivity contribution is 0.350. The van der Waals surface area contributed by atoms with Crippen LogP contribution in [0.4, 0.5) is 5.69 Å². The molecule has 1 saturated carbocycles. The smallest absolute Gasteiger partial charge is 0.0612 e. The van der Waals surface area contributed by atoms with Gasteiger partial charge in [0, 0.05) is 11.7 Å². The molecule has 1 aromatic carbocycles. The van der Waals surface area contributed by atoms with Crippen molar-refractivity contribution in [3.8, 4) is 0 Å². The van der Waals surface area contributed by atoms with E-state index >= 15 is 0 Å². The monoisotopic (exact) mass is 257 g/mol. The van der Waals surface area contributed by atoms with Crippen LogP contribution < -0.4 is 5.32 Å². The summed E-state index contributed by atoms with van der Waals surface area (Å²) in [6.45, 7) is 4.63. The second kappa shape index (κ2) is 4.46. The van der Waals surface area contributed by atoms with Gasteiger partial charge in [0.1, 0.15) is 0 Å². The van der Waals surface area contributed by atoms with Crippen molar-refractivity contribution >= 4 is 28.9 Å². The van der Waals surface area contributed by atoms with Crippen LogP contribution in [0, 0.1) is 5.41 Å². The first kappa shape index (κ1) is 12.1. The predicted molar refractivity (Wildman–Crippen MR) is 71.5 cm³/mol. The molecule has 0 spiro atoms. The number of hydrogen-bond acceptors (Lipinski definition) is 1. The third-order valence-electron chi connectivity index (χ3n) is 3.52. The SMILES string of the molecule is CC1(C)CCCC1Nc1ccc(Cl)c(Cl)c1. The van der Waals surface area contributed by atoms with E-state index in [1.165, 1.54) is 19.3 Å². The molecule has 0 aliphatic heterocycles. The molecule has 3 heteroatoms. The van der Waals surface area contributed by atoms with E-state index in [9.17, 15) is 0 Å². The molecular formula is C13H17Cl2N. The zero-order valence-electron chi connectivity index (χ0n) is 9.69. The lowest BCUT2D eigenvalue weighted by Gasteiger charge is -2.28. The Balaban J connectivity index is 2.12. The van der Waals surface area contributed by atoms with Crippen molar-refractivity contribution in [3.63, 3.8) is 0 Å². The molecule has 0 saturated heterocycles. The molecule has 1 aliphatic rings. The van der Waals surface area contributed by atoms with E-state index in [0.717, 1.165) is 5.69 Å². The van der Waals surface area contributed by atoms with E-state index in [2.05, 4.69) is 19.2 Å². The molecule has 1 fully saturated rings. The molecule has 1 atom stereocenters. The molecule has 88 valence electrons. The maximum Gasteiger partial charge on any atom is 0.0612 e. The molecule has 0 heterocycles. The van der Waals surface area contributed by atoms with Crippen molar-refractivity contribution in [1.29, 1.82) is 0 Å². The molecular weight excluding hydrogens is 241 g/mol. The maximum absolute atomic E-state index is 6.00. The van der Waals surface area contributed by atoms with Gasteiger partial charge in [-0.25, -0.2) is 0 Å². The quantitative estimate of drug-likeness (QED) is 0.788. The first-order valence-electron chi connectivity index (χ1n) is 5.71. The standard InChI is InChI=1S/C13H17Cl2N/c1-13(2)7-3-4-12(13)16-9-5-6-10(14)11(15)8-9/h5-6,8,12,16H,3-4,7H2,1-2H3. The number of rotatable bonds is 2. The maximum atomic E-state index is 6.00. The molecule has 16 heavy (non-hydrogen) atoms. The Morgan fingerprint density at radius 3 is 2.56 bits per heavy atom. The first-order chi connectivity index (χ1) is 7.49. The van der Waals surface area contributed by atoms with Crippen LogP contribution in [0.3, 0.4) is 0 Å². The largest absolute Gasteiger partial charge is 0.382 e. The highest BCUT2D eigenvalue weighted by Gasteiger charge is 2.34. The van der Waals surface area contributed by atoms with Crippen molar-refractivity contribution in [3.05, 3.63) is 28.2 Å². The Hall–Kier alpha value is -0.400. The van der Waals surface area contributed by atoms with Crippen molar-refractivity contribution < 1.29 is 0 Å². The Morgan fingerprint density at radius 2 is 2.00 bits per heavy atom. The zero-order chi connectivity index (χ0) is 11.8. The molecule has 0 radical (unpaired) electrons. The minimum Gasteiger partial charge on any atom is -0.382 e. The molecule has 1 unspecified atom stereocenters. The van der Waals surface area contributed by atoms with E-state index in [-0.39, 0.29) is 0 Å². The highest BCUT2D eigenvalue weighted by molar-refractivity contribution is 6.42. The fourth-order valence-electron chi connectivity index (χ4n) is 2.38. The summed E-state index contributed by atoms with van der Waals surface area (Å²) in [7, 11) is 0. The van der Waals surface area contributed by atoms with Crippen molar-refractivity contribution in [2.24, 2.45) is 5.41 Å². The van der Waals surface area contributed by atoms with E-state index < -0.39 is 0 Å². The van der Waals surface area contributed by atoms with E-state index in [1.807, 2.05) is 18.2 Å². The highest BCUT2D eigenvalue weighted by Crippen LogP contribution is 2.39. The van der Waals surface area contributed by atoms with E-state index in [1.54, 1.807) is 0 Å². The zero-order valence-corrected chi connectivity index (χ0v) is 11.2. The predicted octanol–water partition coefficient (Wildman–Crippen LogP) is 4.98. The van der Waals surface area contributed by atoms with Crippen molar-refractivity contribution in [2.45, 2.75) is 39.2 Å². The average molecular weight is 258 g/mol. The number of benzene rings is 1. The van der Waals surface area contributed by atoms with Crippen LogP contribution in [-0.2, 0) is 0 Å². The second-order valence-electron chi connectivity index (χ2n) is 5.21. The van der Waals surface area contributed by atoms with Crippen LogP contribution in [0.15, 0.2) is 18.2 Å². The van der Waals surface area contributed by atoms with E-state index in [4.69, 9.17) is 23.2 Å². The van der Waals surface area contributed by atoms with Gasteiger partial charge in [-0.05, 0) is 36.5 Å². The molecule has 0 amide bonds. The van der Waals surface area contributed by atoms with Crippen molar-refractivity contribution in [2.75, 3.05) is 5.32 Å². The number of hydrogen-bond donors (Lipinski definition) is 1. The molecule has 0 aromatic heterocycles. The van der Waals surface area contributed by atoms with Gasteiger partial charge in [0.15, 0.2) is 0 Å². The van der Waals surface area contributed by atoms with Crippen LogP contribution >= 0.6 is 23.2 Å². The van der Waals surface area contributed by atoms with Gasteiger partial charge in [0.25, 0.3) is 0 Å². The minimum absolute atomic E-state index is 0.367. The summed E-state index contributed by atoms with van der Waals surface area (Å²) >= 11 is 11.9. The lowest BCUT2D eigenvalue weighted by Crippen LogP contribution is -2.30. The van der Waals surface area contributed by atoms with Gasteiger partial charge >= 0.3 is 0 Å². The summed E-state index contributed by atoms with van der Waals surface area (Å²) in [5, 5.41) is 4.78. The third kappa shape index (κ3) is 2.46. The van der Waals surface area contributed by atoms with Crippen molar-refractivity contribution in [1.82, 2.24) is 0 Å². The average Bonchev–Trinajstić information content (AvgIpc) is 2.52. The molecule has 2 rings (SSSR count). The van der Waals surface area contributed by atoms with Crippen LogP contribution in [0.5, 0.6) is 0 Å². The molecule has 1 N–H and O–H groups in total. The molecule has 1 nitrogen and oxygen atoms in total. The van der Waals surface area contributed by atoms with Gasteiger partial charge in [-0.2, -0.15) is 0 Å². The fraction of sp³-hybridized carbons (Fsp3) is 0.538. The Kier molecular flexibility index (Phi) is 3.37. The summed E-state index contributed by atoms with van der Waals surface area (Å²) in [4.78, 5) is 0. The van der Waals surface area contributed by atoms with Gasteiger partial charge in [0.05, 0.1) is 10.0 Å².